The second kappa shape index (κ2) is 11.1. The van der Waals surface area contributed by atoms with E-state index in [1.807, 2.05) is 60.7 Å². The number of hydrogen-bond acceptors (Lipinski definition) is 4. The Morgan fingerprint density at radius 3 is 1.94 bits per heavy atom. The second-order valence-corrected chi connectivity index (χ2v) is 9.45. The van der Waals surface area contributed by atoms with Crippen LogP contribution in [-0.4, -0.2) is 45.4 Å². The molecule has 1 amide bonds. The van der Waals surface area contributed by atoms with Crippen molar-refractivity contribution in [1.29, 1.82) is 0 Å². The van der Waals surface area contributed by atoms with Crippen molar-refractivity contribution in [3.63, 3.8) is 0 Å². The lowest BCUT2D eigenvalue weighted by Gasteiger charge is -2.21. The maximum Gasteiger partial charge on any atom is 0.251 e. The SMILES string of the molecule is CCN(CC)S(=O)(=O)c1cc(C(=O)NCC(c2ccccc2)c2ccccc2)ccc1OC. The van der Waals surface area contributed by atoms with Crippen molar-refractivity contribution in [2.24, 2.45) is 0 Å². The maximum atomic E-state index is 13.1. The number of methoxy groups -OCH3 is 1. The molecule has 0 spiro atoms. The van der Waals surface area contributed by atoms with Gasteiger partial charge in [0.05, 0.1) is 7.11 Å². The van der Waals surface area contributed by atoms with E-state index in [0.717, 1.165) is 11.1 Å². The average Bonchev–Trinajstić information content (AvgIpc) is 2.85. The zero-order valence-electron chi connectivity index (χ0n) is 19.2. The number of sulfonamides is 1. The summed E-state index contributed by atoms with van der Waals surface area (Å²) in [5, 5.41) is 2.98. The third-order valence-electron chi connectivity index (χ3n) is 5.62. The Hall–Kier alpha value is -3.16. The summed E-state index contributed by atoms with van der Waals surface area (Å²) in [7, 11) is -2.37. The van der Waals surface area contributed by atoms with Crippen molar-refractivity contribution in [1.82, 2.24) is 9.62 Å². The molecule has 6 nitrogen and oxygen atoms in total. The minimum Gasteiger partial charge on any atom is -0.495 e. The van der Waals surface area contributed by atoms with Crippen LogP contribution in [-0.2, 0) is 10.0 Å². The zero-order valence-corrected chi connectivity index (χ0v) is 20.0. The molecule has 0 fully saturated rings. The predicted octanol–water partition coefficient (Wildman–Crippen LogP) is 4.29. The molecule has 3 aromatic rings. The molecular weight excluding hydrogens is 436 g/mol. The molecule has 0 unspecified atom stereocenters. The quantitative estimate of drug-likeness (QED) is 0.484. The molecule has 33 heavy (non-hydrogen) atoms. The number of hydrogen-bond donors (Lipinski definition) is 1. The average molecular weight is 467 g/mol. The van der Waals surface area contributed by atoms with Crippen LogP contribution in [0, 0.1) is 0 Å². The standard InChI is InChI=1S/C26H30N2O4S/c1-4-28(5-2)33(30,31)25-18-22(16-17-24(25)32-3)26(29)27-19-23(20-12-8-6-9-13-20)21-14-10-7-11-15-21/h6-18,23H,4-5,19H2,1-3H3,(H,27,29). The Morgan fingerprint density at radius 2 is 1.45 bits per heavy atom. The molecule has 3 aromatic carbocycles. The molecule has 174 valence electrons. The van der Waals surface area contributed by atoms with Crippen LogP contribution in [0.4, 0.5) is 0 Å². The highest BCUT2D eigenvalue weighted by molar-refractivity contribution is 7.89. The molecule has 0 aromatic heterocycles. The molecule has 0 aliphatic rings. The van der Waals surface area contributed by atoms with Gasteiger partial charge >= 0.3 is 0 Å². The number of carbonyl (C=O) groups is 1. The van der Waals surface area contributed by atoms with E-state index in [2.05, 4.69) is 5.32 Å². The van der Waals surface area contributed by atoms with E-state index < -0.39 is 10.0 Å². The molecule has 7 heteroatoms. The van der Waals surface area contributed by atoms with E-state index in [0.29, 0.717) is 19.6 Å². The van der Waals surface area contributed by atoms with Gasteiger partial charge in [0.25, 0.3) is 5.91 Å². The highest BCUT2D eigenvalue weighted by Gasteiger charge is 2.27. The minimum absolute atomic E-state index is 0.0102. The topological polar surface area (TPSA) is 75.7 Å². The maximum absolute atomic E-state index is 13.1. The first-order valence-electron chi connectivity index (χ1n) is 11.0. The fourth-order valence-electron chi connectivity index (χ4n) is 3.82. The molecule has 0 heterocycles. The fourth-order valence-corrected chi connectivity index (χ4v) is 5.46. The van der Waals surface area contributed by atoms with Crippen molar-refractivity contribution in [2.75, 3.05) is 26.7 Å². The van der Waals surface area contributed by atoms with Gasteiger partial charge in [-0.25, -0.2) is 8.42 Å². The first-order valence-corrected chi connectivity index (χ1v) is 12.4. The fraction of sp³-hybridized carbons (Fsp3) is 0.269. The van der Waals surface area contributed by atoms with Crippen LogP contribution in [0.1, 0.15) is 41.3 Å². The van der Waals surface area contributed by atoms with E-state index in [9.17, 15) is 13.2 Å². The van der Waals surface area contributed by atoms with Crippen LogP contribution in [0.15, 0.2) is 83.8 Å². The lowest BCUT2D eigenvalue weighted by atomic mass is 9.91. The Kier molecular flexibility index (Phi) is 8.25. The van der Waals surface area contributed by atoms with E-state index >= 15 is 0 Å². The van der Waals surface area contributed by atoms with Gasteiger partial charge in [-0.05, 0) is 29.3 Å². The summed E-state index contributed by atoms with van der Waals surface area (Å²) in [6, 6.07) is 24.4. The van der Waals surface area contributed by atoms with Crippen LogP contribution < -0.4 is 10.1 Å². The molecule has 0 bridgehead atoms. The van der Waals surface area contributed by atoms with Gasteiger partial charge in [-0.15, -0.1) is 0 Å². The van der Waals surface area contributed by atoms with Crippen molar-refractivity contribution >= 4 is 15.9 Å². The molecule has 0 aliphatic carbocycles. The zero-order chi connectivity index (χ0) is 23.8. The molecule has 1 N–H and O–H groups in total. The Morgan fingerprint density at radius 1 is 0.909 bits per heavy atom. The summed E-state index contributed by atoms with van der Waals surface area (Å²) in [4.78, 5) is 13.0. The van der Waals surface area contributed by atoms with Crippen LogP contribution in [0.25, 0.3) is 0 Å². The van der Waals surface area contributed by atoms with E-state index in [1.54, 1.807) is 19.9 Å². The lowest BCUT2D eigenvalue weighted by molar-refractivity contribution is 0.0952. The van der Waals surface area contributed by atoms with Gasteiger partial charge in [0, 0.05) is 31.1 Å². The number of ether oxygens (including phenoxy) is 1. The van der Waals surface area contributed by atoms with Gasteiger partial charge in [-0.2, -0.15) is 4.31 Å². The number of amides is 1. The van der Waals surface area contributed by atoms with Crippen LogP contribution in [0.2, 0.25) is 0 Å². The number of carbonyl (C=O) groups excluding carboxylic acids is 1. The van der Waals surface area contributed by atoms with Gasteiger partial charge < -0.3 is 10.1 Å². The van der Waals surface area contributed by atoms with Gasteiger partial charge in [0.2, 0.25) is 10.0 Å². The molecule has 3 rings (SSSR count). The smallest absolute Gasteiger partial charge is 0.251 e. The number of rotatable bonds is 10. The van der Waals surface area contributed by atoms with Crippen molar-refractivity contribution in [3.8, 4) is 5.75 Å². The number of benzene rings is 3. The number of nitrogens with zero attached hydrogens (tertiary/aromatic N) is 1. The van der Waals surface area contributed by atoms with Gasteiger partial charge in [0.1, 0.15) is 10.6 Å². The number of nitrogens with one attached hydrogen (secondary N) is 1. The molecular formula is C26H30N2O4S. The largest absolute Gasteiger partial charge is 0.495 e. The van der Waals surface area contributed by atoms with Crippen LogP contribution in [0.5, 0.6) is 5.75 Å². The molecule has 0 saturated carbocycles. The molecule has 0 radical (unpaired) electrons. The van der Waals surface area contributed by atoms with Crippen molar-refractivity contribution in [2.45, 2.75) is 24.7 Å². The summed E-state index contributed by atoms with van der Waals surface area (Å²) in [5.41, 5.74) is 2.44. The molecule has 0 atom stereocenters. The molecule has 0 saturated heterocycles. The van der Waals surface area contributed by atoms with Crippen molar-refractivity contribution < 1.29 is 17.9 Å². The summed E-state index contributed by atoms with van der Waals surface area (Å²) in [5.74, 6) is -0.163. The van der Waals surface area contributed by atoms with E-state index in [1.165, 1.54) is 23.5 Å². The van der Waals surface area contributed by atoms with Gasteiger partial charge in [0.15, 0.2) is 0 Å². The minimum atomic E-state index is -3.79. The summed E-state index contributed by atoms with van der Waals surface area (Å²) in [6.07, 6.45) is 0. The lowest BCUT2D eigenvalue weighted by Crippen LogP contribution is -2.32. The third kappa shape index (κ3) is 5.61. The monoisotopic (exact) mass is 466 g/mol. The predicted molar refractivity (Wildman–Crippen MR) is 130 cm³/mol. The normalized spacial score (nSPS) is 11.5. The highest BCUT2D eigenvalue weighted by atomic mass is 32.2. The van der Waals surface area contributed by atoms with E-state index in [-0.39, 0.29) is 28.0 Å². The summed E-state index contributed by atoms with van der Waals surface area (Å²) >= 11 is 0. The van der Waals surface area contributed by atoms with Gasteiger partial charge in [-0.3, -0.25) is 4.79 Å². The first-order chi connectivity index (χ1) is 15.9. The highest BCUT2D eigenvalue weighted by Crippen LogP contribution is 2.28. The Balaban J connectivity index is 1.88. The Labute approximate surface area is 196 Å². The molecule has 0 aliphatic heterocycles. The first kappa shape index (κ1) is 24.5. The Bertz CT molecular complexity index is 1120. The summed E-state index contributed by atoms with van der Waals surface area (Å²) in [6.45, 7) is 4.58. The van der Waals surface area contributed by atoms with Crippen LogP contribution >= 0.6 is 0 Å². The van der Waals surface area contributed by atoms with Crippen molar-refractivity contribution in [3.05, 3.63) is 95.6 Å². The van der Waals surface area contributed by atoms with E-state index in [4.69, 9.17) is 4.74 Å². The second-order valence-electron chi connectivity index (χ2n) is 7.54. The third-order valence-corrected chi connectivity index (χ3v) is 7.69. The van der Waals surface area contributed by atoms with Gasteiger partial charge in [-0.1, -0.05) is 74.5 Å². The van der Waals surface area contributed by atoms with Crippen LogP contribution in [0.3, 0.4) is 0 Å². The summed E-state index contributed by atoms with van der Waals surface area (Å²) < 4.78 is 32.8.